The molecule has 1 aliphatic rings. The summed E-state index contributed by atoms with van der Waals surface area (Å²) in [4.78, 5) is 29.5. The molecule has 0 spiro atoms. The monoisotopic (exact) mass is 582 g/mol. The molecule has 6 nitrogen and oxygen atoms in total. The molecule has 2 amide bonds. The van der Waals surface area contributed by atoms with E-state index in [0.717, 1.165) is 17.0 Å². The van der Waals surface area contributed by atoms with E-state index in [2.05, 4.69) is 22.6 Å². The number of carbonyl (C=O) groups excluding carboxylic acids is 2. The van der Waals surface area contributed by atoms with E-state index in [1.54, 1.807) is 35.1 Å². The average Bonchev–Trinajstić information content (AvgIpc) is 2.78. The van der Waals surface area contributed by atoms with Crippen LogP contribution in [0.2, 0.25) is 5.02 Å². The van der Waals surface area contributed by atoms with Crippen molar-refractivity contribution >= 4 is 46.2 Å². The summed E-state index contributed by atoms with van der Waals surface area (Å²) in [5.74, 6) is 0.626. The lowest BCUT2D eigenvalue weighted by Crippen LogP contribution is -2.41. The van der Waals surface area contributed by atoms with E-state index in [-0.39, 0.29) is 12.0 Å². The van der Waals surface area contributed by atoms with Gasteiger partial charge in [-0.05, 0) is 79.3 Å². The zero-order valence-corrected chi connectivity index (χ0v) is 22.1. The Balaban J connectivity index is 1.87. The Labute approximate surface area is 213 Å². The van der Waals surface area contributed by atoms with Crippen LogP contribution in [0.1, 0.15) is 43.1 Å². The van der Waals surface area contributed by atoms with Gasteiger partial charge in [0.2, 0.25) is 0 Å². The minimum atomic E-state index is -0.555. The predicted octanol–water partition coefficient (Wildman–Crippen LogP) is 6.12. The Bertz CT molecular complexity index is 1050. The first-order chi connectivity index (χ1) is 15.6. The molecule has 3 rings (SSSR count). The Hall–Kier alpha value is -2.26. The summed E-state index contributed by atoms with van der Waals surface area (Å²) in [6.07, 6.45) is 2.11. The van der Waals surface area contributed by atoms with Crippen molar-refractivity contribution in [1.82, 2.24) is 9.80 Å². The number of amides is 2. The fourth-order valence-electron chi connectivity index (χ4n) is 3.43. The summed E-state index contributed by atoms with van der Waals surface area (Å²) in [7, 11) is 1.62. The molecule has 8 heteroatoms. The molecule has 0 bridgehead atoms. The Morgan fingerprint density at radius 2 is 1.85 bits per heavy atom. The third-order valence-corrected chi connectivity index (χ3v) is 6.91. The molecule has 0 aliphatic carbocycles. The lowest BCUT2D eigenvalue weighted by atomic mass is 10.1. The van der Waals surface area contributed by atoms with Gasteiger partial charge < -0.3 is 19.3 Å². The third kappa shape index (κ3) is 6.63. The first-order valence-electron chi connectivity index (χ1n) is 10.6. The van der Waals surface area contributed by atoms with Crippen LogP contribution in [0.4, 0.5) is 4.79 Å². The number of halogens is 2. The highest BCUT2D eigenvalue weighted by molar-refractivity contribution is 14.1. The van der Waals surface area contributed by atoms with Gasteiger partial charge in [-0.3, -0.25) is 4.79 Å². The summed E-state index contributed by atoms with van der Waals surface area (Å²) in [6, 6.07) is 13.0. The highest BCUT2D eigenvalue weighted by Gasteiger charge is 2.28. The molecule has 2 aromatic rings. The van der Waals surface area contributed by atoms with Gasteiger partial charge >= 0.3 is 6.09 Å². The van der Waals surface area contributed by atoms with Crippen molar-refractivity contribution in [3.05, 3.63) is 74.0 Å². The number of ether oxygens (including phenoxy) is 2. The molecule has 0 saturated carbocycles. The van der Waals surface area contributed by atoms with E-state index in [9.17, 15) is 9.59 Å². The number of hydrogen-bond donors (Lipinski definition) is 0. The molecule has 0 saturated heterocycles. The zero-order chi connectivity index (χ0) is 24.2. The standard InChI is InChI=1S/C25H28ClIN2O4/c1-25(2,3)33-24(31)28-14-12-18(13-15-28)29(16-17-8-10-19(32-4)11-9-17)23(30)20-6-5-7-21(26)22(20)27/h5-12H,13-16H2,1-4H3. The lowest BCUT2D eigenvalue weighted by molar-refractivity contribution is 0.0259. The number of methoxy groups -OCH3 is 1. The quantitative estimate of drug-likeness (QED) is 0.399. The van der Waals surface area contributed by atoms with Crippen molar-refractivity contribution in [2.45, 2.75) is 39.3 Å². The van der Waals surface area contributed by atoms with Gasteiger partial charge in [0.05, 0.1) is 24.2 Å². The summed E-state index contributed by atoms with van der Waals surface area (Å²) in [6.45, 7) is 6.78. The second-order valence-electron chi connectivity index (χ2n) is 8.71. The lowest BCUT2D eigenvalue weighted by Gasteiger charge is -2.33. The van der Waals surface area contributed by atoms with E-state index >= 15 is 0 Å². The SMILES string of the molecule is COc1ccc(CN(C(=O)c2cccc(Cl)c2I)C2=CCN(C(=O)OC(C)(C)C)CC2)cc1. The van der Waals surface area contributed by atoms with Gasteiger partial charge in [-0.15, -0.1) is 0 Å². The number of hydrogen-bond acceptors (Lipinski definition) is 4. The third-order valence-electron chi connectivity index (χ3n) is 5.11. The molecule has 1 aliphatic heterocycles. The number of benzene rings is 2. The first kappa shape index (κ1) is 25.4. The number of nitrogens with zero attached hydrogens (tertiary/aromatic N) is 2. The maximum Gasteiger partial charge on any atom is 0.410 e. The molecule has 0 fully saturated rings. The molecular weight excluding hydrogens is 555 g/mol. The minimum Gasteiger partial charge on any atom is -0.497 e. The maximum atomic E-state index is 13.6. The molecule has 0 N–H and O–H groups in total. The fourth-order valence-corrected chi connectivity index (χ4v) is 4.19. The summed E-state index contributed by atoms with van der Waals surface area (Å²) in [5, 5.41) is 0.541. The van der Waals surface area contributed by atoms with Crippen molar-refractivity contribution in [3.63, 3.8) is 0 Å². The van der Waals surface area contributed by atoms with E-state index in [4.69, 9.17) is 21.1 Å². The van der Waals surface area contributed by atoms with Crippen LogP contribution < -0.4 is 4.74 Å². The van der Waals surface area contributed by atoms with E-state index in [1.807, 2.05) is 51.1 Å². The second-order valence-corrected chi connectivity index (χ2v) is 10.2. The fraction of sp³-hybridized carbons (Fsp3) is 0.360. The zero-order valence-electron chi connectivity index (χ0n) is 19.2. The van der Waals surface area contributed by atoms with E-state index < -0.39 is 5.60 Å². The van der Waals surface area contributed by atoms with Crippen molar-refractivity contribution < 1.29 is 19.1 Å². The minimum absolute atomic E-state index is 0.130. The van der Waals surface area contributed by atoms with Crippen molar-refractivity contribution in [3.8, 4) is 5.75 Å². The molecule has 0 aromatic heterocycles. The van der Waals surface area contributed by atoms with Crippen molar-refractivity contribution in [2.24, 2.45) is 0 Å². The molecule has 176 valence electrons. The summed E-state index contributed by atoms with van der Waals surface area (Å²) in [5.41, 5.74) is 1.83. The smallest absolute Gasteiger partial charge is 0.410 e. The molecule has 33 heavy (non-hydrogen) atoms. The Morgan fingerprint density at radius 3 is 2.42 bits per heavy atom. The maximum absolute atomic E-state index is 13.6. The summed E-state index contributed by atoms with van der Waals surface area (Å²) < 4.78 is 11.4. The van der Waals surface area contributed by atoms with Crippen LogP contribution >= 0.6 is 34.2 Å². The van der Waals surface area contributed by atoms with E-state index in [1.165, 1.54) is 0 Å². The molecule has 1 heterocycles. The van der Waals surface area contributed by atoms with Gasteiger partial charge in [-0.1, -0.05) is 29.8 Å². The Kier molecular flexibility index (Phi) is 8.28. The van der Waals surface area contributed by atoms with Crippen molar-refractivity contribution in [2.75, 3.05) is 20.2 Å². The summed E-state index contributed by atoms with van der Waals surface area (Å²) >= 11 is 8.39. The molecule has 0 atom stereocenters. The van der Waals surface area contributed by atoms with Crippen molar-refractivity contribution in [1.29, 1.82) is 0 Å². The first-order valence-corrected chi connectivity index (χ1v) is 12.1. The number of rotatable bonds is 5. The molecule has 2 aromatic carbocycles. The predicted molar refractivity (Wildman–Crippen MR) is 138 cm³/mol. The normalized spacial score (nSPS) is 13.9. The van der Waals surface area contributed by atoms with Gasteiger partial charge in [0.15, 0.2) is 0 Å². The average molecular weight is 583 g/mol. The molecule has 0 radical (unpaired) electrons. The molecule has 0 unspecified atom stereocenters. The highest BCUT2D eigenvalue weighted by Crippen LogP contribution is 2.27. The van der Waals surface area contributed by atoms with Gasteiger partial charge in [-0.25, -0.2) is 4.79 Å². The van der Waals surface area contributed by atoms with Crippen LogP contribution in [0, 0.1) is 3.57 Å². The second kappa shape index (κ2) is 10.8. The van der Waals surface area contributed by atoms with Gasteiger partial charge in [0.25, 0.3) is 5.91 Å². The van der Waals surface area contributed by atoms with Gasteiger partial charge in [-0.2, -0.15) is 0 Å². The van der Waals surface area contributed by atoms with Gasteiger partial charge in [0, 0.05) is 28.8 Å². The molecular formula is C25H28ClIN2O4. The topological polar surface area (TPSA) is 59.1 Å². The largest absolute Gasteiger partial charge is 0.497 e. The van der Waals surface area contributed by atoms with Crippen LogP contribution in [0.25, 0.3) is 0 Å². The van der Waals surface area contributed by atoms with Crippen LogP contribution in [0.3, 0.4) is 0 Å². The van der Waals surface area contributed by atoms with E-state index in [0.29, 0.717) is 40.2 Å². The number of carbonyl (C=O) groups is 2. The Morgan fingerprint density at radius 1 is 1.15 bits per heavy atom. The van der Waals surface area contributed by atoms with Gasteiger partial charge in [0.1, 0.15) is 11.4 Å². The van der Waals surface area contributed by atoms with Crippen LogP contribution in [-0.2, 0) is 11.3 Å². The highest BCUT2D eigenvalue weighted by atomic mass is 127. The van der Waals surface area contributed by atoms with Crippen LogP contribution in [0.5, 0.6) is 5.75 Å². The van der Waals surface area contributed by atoms with Crippen LogP contribution in [-0.4, -0.2) is 47.6 Å². The van der Waals surface area contributed by atoms with Crippen LogP contribution in [0.15, 0.2) is 54.2 Å².